The van der Waals surface area contributed by atoms with E-state index in [-0.39, 0.29) is 23.7 Å². The summed E-state index contributed by atoms with van der Waals surface area (Å²) >= 11 is 0. The monoisotopic (exact) mass is 455 g/mol. The second-order valence-electron chi connectivity index (χ2n) is 9.08. The molecule has 178 valence electrons. The van der Waals surface area contributed by atoms with Gasteiger partial charge in [0.1, 0.15) is 5.75 Å². The smallest absolute Gasteiger partial charge is 0.235 e. The van der Waals surface area contributed by atoms with Crippen LogP contribution in [-0.4, -0.2) is 48.6 Å². The Kier molecular flexibility index (Phi) is 7.66. The molecule has 0 saturated carbocycles. The number of ether oxygens (including phenoxy) is 3. The first-order valence-corrected chi connectivity index (χ1v) is 12.0. The van der Waals surface area contributed by atoms with Gasteiger partial charge in [-0.3, -0.25) is 4.79 Å². The molecule has 6 heteroatoms. The lowest BCUT2D eigenvalue weighted by atomic mass is 9.80. The molecular formula is C27H34FNO4. The Morgan fingerprint density at radius 3 is 2.48 bits per heavy atom. The molecule has 0 aliphatic carbocycles. The minimum absolute atomic E-state index is 0.0199. The van der Waals surface area contributed by atoms with E-state index >= 15 is 0 Å². The Hall–Kier alpha value is -2.44. The second-order valence-corrected chi connectivity index (χ2v) is 9.08. The zero-order valence-electron chi connectivity index (χ0n) is 19.5. The number of nitrogens with zero attached hydrogens (tertiary/aromatic N) is 1. The summed E-state index contributed by atoms with van der Waals surface area (Å²) in [5, 5.41) is 0. The molecule has 2 aromatic rings. The summed E-state index contributed by atoms with van der Waals surface area (Å²) in [6, 6.07) is 17.4. The number of hydrogen-bond donors (Lipinski definition) is 0. The molecule has 0 radical (unpaired) electrons. The number of amides is 1. The van der Waals surface area contributed by atoms with Gasteiger partial charge in [0.25, 0.3) is 0 Å². The first-order chi connectivity index (χ1) is 16.0. The quantitative estimate of drug-likeness (QED) is 0.573. The van der Waals surface area contributed by atoms with Crippen molar-refractivity contribution in [1.82, 2.24) is 4.90 Å². The summed E-state index contributed by atoms with van der Waals surface area (Å²) in [4.78, 5) is 14.9. The van der Waals surface area contributed by atoms with E-state index in [1.54, 1.807) is 12.1 Å². The van der Waals surface area contributed by atoms with Gasteiger partial charge < -0.3 is 19.1 Å². The zero-order chi connectivity index (χ0) is 23.3. The maximum Gasteiger partial charge on any atom is 0.235 e. The lowest BCUT2D eigenvalue weighted by molar-refractivity contribution is -0.193. The highest BCUT2D eigenvalue weighted by atomic mass is 19.1. The summed E-state index contributed by atoms with van der Waals surface area (Å²) < 4.78 is 30.8. The predicted octanol–water partition coefficient (Wildman–Crippen LogP) is 5.24. The van der Waals surface area contributed by atoms with Crippen molar-refractivity contribution in [2.75, 3.05) is 19.7 Å². The van der Waals surface area contributed by atoms with E-state index in [0.717, 1.165) is 31.2 Å². The molecule has 5 nitrogen and oxygen atoms in total. The number of alkyl halides is 1. The van der Waals surface area contributed by atoms with Crippen molar-refractivity contribution in [1.29, 1.82) is 0 Å². The third kappa shape index (κ3) is 6.12. The molecule has 4 rings (SSSR count). The zero-order valence-corrected chi connectivity index (χ0v) is 19.5. The van der Waals surface area contributed by atoms with Crippen LogP contribution in [0.3, 0.4) is 0 Å². The van der Waals surface area contributed by atoms with Crippen LogP contribution in [0.1, 0.15) is 56.8 Å². The number of carbonyl (C=O) groups is 1. The number of piperidine rings is 1. The number of likely N-dealkylation sites (tertiary alicyclic amines) is 1. The topological polar surface area (TPSA) is 48.0 Å². The lowest BCUT2D eigenvalue weighted by Crippen LogP contribution is -2.52. The molecule has 33 heavy (non-hydrogen) atoms. The largest absolute Gasteiger partial charge is 0.461 e. The second kappa shape index (κ2) is 10.7. The molecule has 3 atom stereocenters. The Balaban J connectivity index is 1.36. The number of hydrogen-bond acceptors (Lipinski definition) is 4. The number of halogens is 1. The molecule has 2 aliphatic heterocycles. The van der Waals surface area contributed by atoms with Crippen LogP contribution < -0.4 is 4.74 Å². The van der Waals surface area contributed by atoms with E-state index in [1.165, 1.54) is 12.5 Å². The molecule has 0 aromatic heterocycles. The van der Waals surface area contributed by atoms with Gasteiger partial charge >= 0.3 is 0 Å². The first kappa shape index (κ1) is 23.7. The summed E-state index contributed by atoms with van der Waals surface area (Å²) in [5.41, 5.74) is 1.83. The molecular weight excluding hydrogens is 421 g/mol. The van der Waals surface area contributed by atoms with Crippen LogP contribution in [0.15, 0.2) is 54.6 Å². The lowest BCUT2D eigenvalue weighted by Gasteiger charge is -2.48. The van der Waals surface area contributed by atoms with E-state index < -0.39 is 6.36 Å². The first-order valence-electron chi connectivity index (χ1n) is 12.0. The molecule has 1 amide bonds. The average Bonchev–Trinajstić information content (AvgIpc) is 2.81. The summed E-state index contributed by atoms with van der Waals surface area (Å²) in [5.74, 6) is 0.571. The van der Waals surface area contributed by atoms with Gasteiger partial charge in [-0.25, -0.2) is 4.39 Å². The minimum Gasteiger partial charge on any atom is -0.461 e. The Morgan fingerprint density at radius 2 is 1.85 bits per heavy atom. The van der Waals surface area contributed by atoms with E-state index in [0.29, 0.717) is 31.9 Å². The van der Waals surface area contributed by atoms with Gasteiger partial charge in [0, 0.05) is 39.5 Å². The number of rotatable bonds is 7. The van der Waals surface area contributed by atoms with Crippen LogP contribution in [0.2, 0.25) is 0 Å². The summed E-state index contributed by atoms with van der Waals surface area (Å²) in [6.07, 6.45) is 2.52. The fraction of sp³-hybridized carbons (Fsp3) is 0.519. The highest BCUT2D eigenvalue weighted by Crippen LogP contribution is 2.44. The van der Waals surface area contributed by atoms with Gasteiger partial charge in [0.05, 0.1) is 24.2 Å². The van der Waals surface area contributed by atoms with Crippen molar-refractivity contribution >= 4 is 5.91 Å². The van der Waals surface area contributed by atoms with Gasteiger partial charge in [-0.05, 0) is 43.0 Å². The van der Waals surface area contributed by atoms with Crippen LogP contribution in [0.4, 0.5) is 4.39 Å². The van der Waals surface area contributed by atoms with Crippen molar-refractivity contribution in [3.05, 3.63) is 65.7 Å². The van der Waals surface area contributed by atoms with Crippen LogP contribution in [0, 0.1) is 0 Å². The normalized spacial score (nSPS) is 23.3. The van der Waals surface area contributed by atoms with Gasteiger partial charge in [0.15, 0.2) is 0 Å². The minimum atomic E-state index is -1.36. The van der Waals surface area contributed by atoms with Crippen molar-refractivity contribution in [3.63, 3.8) is 0 Å². The van der Waals surface area contributed by atoms with Gasteiger partial charge in [0.2, 0.25) is 12.3 Å². The Bertz CT molecular complexity index is 894. The van der Waals surface area contributed by atoms with Crippen molar-refractivity contribution in [2.45, 2.75) is 70.1 Å². The molecule has 2 aromatic carbocycles. The molecule has 2 heterocycles. The standard InChI is InChI=1S/C27H34FNO4/c1-3-31-24-18-25(22-7-5-4-6-8-22)33-27(19-24)13-15-29(16-14-27)26(30)17-21-9-11-23(12-10-21)32-20(2)28/h4-12,20,24-25H,3,13-19H2,1-2H3. The highest BCUT2D eigenvalue weighted by molar-refractivity contribution is 5.79. The van der Waals surface area contributed by atoms with Crippen molar-refractivity contribution in [3.8, 4) is 5.75 Å². The molecule has 2 aliphatic rings. The summed E-state index contributed by atoms with van der Waals surface area (Å²) in [7, 11) is 0. The number of carbonyl (C=O) groups excluding carboxylic acids is 1. The van der Waals surface area contributed by atoms with Crippen molar-refractivity contribution in [2.24, 2.45) is 0 Å². The van der Waals surface area contributed by atoms with Crippen LogP contribution in [0.5, 0.6) is 5.75 Å². The highest BCUT2D eigenvalue weighted by Gasteiger charge is 2.45. The predicted molar refractivity (Wildman–Crippen MR) is 125 cm³/mol. The van der Waals surface area contributed by atoms with Crippen LogP contribution in [-0.2, 0) is 20.7 Å². The maximum atomic E-state index is 13.0. The third-order valence-electron chi connectivity index (χ3n) is 6.65. The van der Waals surface area contributed by atoms with Gasteiger partial charge in [-0.2, -0.15) is 0 Å². The SMILES string of the molecule is CCOC1CC(c2ccccc2)OC2(CCN(C(=O)Cc3ccc(OC(C)F)cc3)CC2)C1. The fourth-order valence-electron chi connectivity index (χ4n) is 5.01. The van der Waals surface area contributed by atoms with Crippen LogP contribution >= 0.6 is 0 Å². The molecule has 1 spiro atoms. The average molecular weight is 456 g/mol. The van der Waals surface area contributed by atoms with Crippen molar-refractivity contribution < 1.29 is 23.4 Å². The van der Waals surface area contributed by atoms with E-state index in [1.807, 2.05) is 42.2 Å². The Morgan fingerprint density at radius 1 is 1.15 bits per heavy atom. The molecule has 0 N–H and O–H groups in total. The molecule has 0 bridgehead atoms. The van der Waals surface area contributed by atoms with E-state index in [9.17, 15) is 9.18 Å². The van der Waals surface area contributed by atoms with E-state index in [2.05, 4.69) is 12.1 Å². The van der Waals surface area contributed by atoms with Crippen LogP contribution in [0.25, 0.3) is 0 Å². The van der Waals surface area contributed by atoms with E-state index in [4.69, 9.17) is 14.2 Å². The summed E-state index contributed by atoms with van der Waals surface area (Å²) in [6.45, 7) is 5.44. The molecule has 2 fully saturated rings. The van der Waals surface area contributed by atoms with Gasteiger partial charge in [-0.15, -0.1) is 0 Å². The number of benzene rings is 2. The molecule has 3 unspecified atom stereocenters. The van der Waals surface area contributed by atoms with Gasteiger partial charge in [-0.1, -0.05) is 42.5 Å². The maximum absolute atomic E-state index is 13.0. The fourth-order valence-corrected chi connectivity index (χ4v) is 5.01. The Labute approximate surface area is 195 Å². The molecule has 2 saturated heterocycles. The third-order valence-corrected chi connectivity index (χ3v) is 6.65.